The maximum Gasteiger partial charge on any atom is 0.494 e. The van der Waals surface area contributed by atoms with Crippen molar-refractivity contribution in [1.82, 2.24) is 0 Å². The summed E-state index contributed by atoms with van der Waals surface area (Å²) in [5.74, 6) is 3.01. The summed E-state index contributed by atoms with van der Waals surface area (Å²) in [6.45, 7) is 13.6. The molecular weight excluding hydrogens is 451 g/mol. The van der Waals surface area contributed by atoms with Crippen LogP contribution in [0.1, 0.15) is 84.8 Å². The molecule has 3 aliphatic carbocycles. The van der Waals surface area contributed by atoms with Crippen molar-refractivity contribution in [2.24, 2.45) is 23.7 Å². The van der Waals surface area contributed by atoms with Gasteiger partial charge in [0.15, 0.2) is 0 Å². The van der Waals surface area contributed by atoms with Gasteiger partial charge in [0.25, 0.3) is 0 Å². The van der Waals surface area contributed by atoms with Gasteiger partial charge in [0.1, 0.15) is 0 Å². The van der Waals surface area contributed by atoms with Crippen LogP contribution in [0.2, 0.25) is 0 Å². The predicted molar refractivity (Wildman–Crippen MR) is 154 cm³/mol. The van der Waals surface area contributed by atoms with E-state index in [4.69, 9.17) is 9.31 Å². The minimum atomic E-state index is -0.337. The van der Waals surface area contributed by atoms with E-state index in [2.05, 4.69) is 96.1 Å². The lowest BCUT2D eigenvalue weighted by Crippen LogP contribution is -2.50. The van der Waals surface area contributed by atoms with Crippen LogP contribution in [0.3, 0.4) is 0 Å². The summed E-state index contributed by atoms with van der Waals surface area (Å²) in [5.41, 5.74) is 6.59. The van der Waals surface area contributed by atoms with Crippen LogP contribution >= 0.6 is 0 Å². The second kappa shape index (κ2) is 7.96. The molecule has 3 fully saturated rings. The van der Waals surface area contributed by atoms with E-state index in [1.165, 1.54) is 59.5 Å². The molecule has 2 saturated carbocycles. The molecule has 7 rings (SSSR count). The van der Waals surface area contributed by atoms with Gasteiger partial charge < -0.3 is 9.31 Å². The Kier molecular flexibility index (Phi) is 5.16. The molecule has 0 radical (unpaired) electrons. The van der Waals surface area contributed by atoms with Crippen molar-refractivity contribution < 1.29 is 9.31 Å². The lowest BCUT2D eigenvalue weighted by atomic mass is 9.48. The number of fused-ring (bicyclic) bond motifs is 10. The summed E-state index contributed by atoms with van der Waals surface area (Å²) in [7, 11) is -0.325. The molecule has 1 aliphatic heterocycles. The Morgan fingerprint density at radius 1 is 0.838 bits per heavy atom. The van der Waals surface area contributed by atoms with Gasteiger partial charge in [-0.1, -0.05) is 74.9 Å². The Bertz CT molecular complexity index is 1370. The van der Waals surface area contributed by atoms with Gasteiger partial charge in [-0.2, -0.15) is 0 Å². The lowest BCUT2D eigenvalue weighted by Gasteiger charge is -2.55. The third-order valence-corrected chi connectivity index (χ3v) is 11.2. The molecule has 5 atom stereocenters. The monoisotopic (exact) mass is 492 g/mol. The molecular formula is C34H41BO2. The topological polar surface area (TPSA) is 18.5 Å². The van der Waals surface area contributed by atoms with Crippen LogP contribution in [0.15, 0.2) is 54.6 Å². The smallest absolute Gasteiger partial charge is 0.399 e. The van der Waals surface area contributed by atoms with E-state index in [1.54, 1.807) is 11.1 Å². The fourth-order valence-electron chi connectivity index (χ4n) is 8.83. The largest absolute Gasteiger partial charge is 0.494 e. The minimum absolute atomic E-state index is 0.0511. The molecule has 2 nitrogen and oxygen atoms in total. The minimum Gasteiger partial charge on any atom is -0.399 e. The number of hydrogen-bond acceptors (Lipinski definition) is 2. The molecule has 3 aromatic rings. The van der Waals surface area contributed by atoms with Crippen molar-refractivity contribution in [3.63, 3.8) is 0 Å². The summed E-state index contributed by atoms with van der Waals surface area (Å²) in [6.07, 6.45) is 6.77. The first-order valence-corrected chi connectivity index (χ1v) is 14.7. The van der Waals surface area contributed by atoms with Crippen LogP contribution in [-0.4, -0.2) is 18.3 Å². The molecule has 1 spiro atoms. The zero-order valence-electron chi connectivity index (χ0n) is 23.4. The summed E-state index contributed by atoms with van der Waals surface area (Å²) in [5, 5.41) is 2.83. The maximum absolute atomic E-state index is 6.55. The highest BCUT2D eigenvalue weighted by molar-refractivity contribution is 6.62. The Morgan fingerprint density at radius 2 is 1.57 bits per heavy atom. The Morgan fingerprint density at radius 3 is 2.32 bits per heavy atom. The van der Waals surface area contributed by atoms with Crippen LogP contribution in [0.25, 0.3) is 21.9 Å². The Hall–Kier alpha value is -2.10. The maximum atomic E-state index is 6.55. The van der Waals surface area contributed by atoms with Crippen LogP contribution in [0.5, 0.6) is 0 Å². The van der Waals surface area contributed by atoms with E-state index >= 15 is 0 Å². The van der Waals surface area contributed by atoms with Gasteiger partial charge in [-0.3, -0.25) is 0 Å². The van der Waals surface area contributed by atoms with Gasteiger partial charge in [0.05, 0.1) is 11.2 Å². The SMILES string of the molecule is CCC1CC2CC(C)C3(c4cc(B5OC(C)(C)C(C)(C)O5)ccc4-c4ccc5ccccc5c43)C(C1)C2. The van der Waals surface area contributed by atoms with E-state index < -0.39 is 0 Å². The van der Waals surface area contributed by atoms with Crippen molar-refractivity contribution >= 4 is 23.4 Å². The van der Waals surface area contributed by atoms with Crippen molar-refractivity contribution in [2.45, 2.75) is 90.3 Å². The summed E-state index contributed by atoms with van der Waals surface area (Å²) in [4.78, 5) is 0. The molecule has 4 aliphatic rings. The standard InChI is InChI=1S/C34H41BO2/c1-7-22-17-23-16-21(2)34(25(18-22)19-23)30-20-26(35-36-32(3,4)33(5,6)37-35)13-15-28(30)29-14-12-24-10-8-9-11-27(24)31(29)34/h8-15,20-23,25H,7,16-19H2,1-6H3. The zero-order valence-corrected chi connectivity index (χ0v) is 23.4. The van der Waals surface area contributed by atoms with Gasteiger partial charge in [0, 0.05) is 5.41 Å². The predicted octanol–water partition coefficient (Wildman–Crippen LogP) is 7.89. The fourth-order valence-corrected chi connectivity index (χ4v) is 8.83. The van der Waals surface area contributed by atoms with Crippen LogP contribution in [0, 0.1) is 23.7 Å². The molecule has 1 saturated heterocycles. The van der Waals surface area contributed by atoms with E-state index in [0.29, 0.717) is 11.8 Å². The summed E-state index contributed by atoms with van der Waals surface area (Å²) >= 11 is 0. The average Bonchev–Trinajstić information content (AvgIpc) is 3.29. The Balaban J connectivity index is 1.47. The lowest BCUT2D eigenvalue weighted by molar-refractivity contribution is 0.00578. The highest BCUT2D eigenvalue weighted by atomic mass is 16.7. The second-order valence-corrected chi connectivity index (χ2v) is 13.7. The second-order valence-electron chi connectivity index (χ2n) is 13.7. The van der Waals surface area contributed by atoms with Crippen molar-refractivity contribution in [3.05, 3.63) is 65.7 Å². The van der Waals surface area contributed by atoms with E-state index in [0.717, 1.165) is 11.8 Å². The Labute approximate surface area is 223 Å². The third kappa shape index (κ3) is 3.20. The van der Waals surface area contributed by atoms with E-state index in [-0.39, 0.29) is 23.7 Å². The molecule has 37 heavy (non-hydrogen) atoms. The number of benzene rings is 3. The normalized spacial score (nSPS) is 33.1. The van der Waals surface area contributed by atoms with Crippen LogP contribution in [0.4, 0.5) is 0 Å². The number of rotatable bonds is 2. The molecule has 2 bridgehead atoms. The van der Waals surface area contributed by atoms with Gasteiger partial charge in [-0.05, 0) is 116 Å². The molecule has 192 valence electrons. The molecule has 0 amide bonds. The van der Waals surface area contributed by atoms with Crippen molar-refractivity contribution in [2.75, 3.05) is 0 Å². The van der Waals surface area contributed by atoms with Crippen molar-refractivity contribution in [1.29, 1.82) is 0 Å². The van der Waals surface area contributed by atoms with Crippen LogP contribution in [-0.2, 0) is 14.7 Å². The fraction of sp³-hybridized carbons (Fsp3) is 0.529. The van der Waals surface area contributed by atoms with Gasteiger partial charge in [-0.25, -0.2) is 0 Å². The molecule has 5 unspecified atom stereocenters. The highest BCUT2D eigenvalue weighted by Gasteiger charge is 2.58. The first kappa shape index (κ1) is 24.0. The van der Waals surface area contributed by atoms with Gasteiger partial charge in [-0.15, -0.1) is 0 Å². The molecule has 1 heterocycles. The summed E-state index contributed by atoms with van der Waals surface area (Å²) in [6, 6.07) is 21.0. The summed E-state index contributed by atoms with van der Waals surface area (Å²) < 4.78 is 13.1. The van der Waals surface area contributed by atoms with E-state index in [1.807, 2.05) is 0 Å². The van der Waals surface area contributed by atoms with Crippen LogP contribution < -0.4 is 5.46 Å². The zero-order chi connectivity index (χ0) is 25.7. The van der Waals surface area contributed by atoms with Crippen molar-refractivity contribution in [3.8, 4) is 11.1 Å². The molecule has 3 aromatic carbocycles. The first-order chi connectivity index (χ1) is 17.7. The van der Waals surface area contributed by atoms with Gasteiger partial charge >= 0.3 is 7.12 Å². The third-order valence-electron chi connectivity index (χ3n) is 11.2. The first-order valence-electron chi connectivity index (χ1n) is 14.7. The van der Waals surface area contributed by atoms with E-state index in [9.17, 15) is 0 Å². The molecule has 3 heteroatoms. The number of hydrogen-bond donors (Lipinski definition) is 0. The molecule has 0 aromatic heterocycles. The molecule has 0 N–H and O–H groups in total. The highest BCUT2D eigenvalue weighted by Crippen LogP contribution is 2.65. The average molecular weight is 493 g/mol. The van der Waals surface area contributed by atoms with Gasteiger partial charge in [0.2, 0.25) is 0 Å². The quantitative estimate of drug-likeness (QED) is 0.339.